The molecule has 2 N–H and O–H groups in total. The minimum Gasteiger partial charge on any atom is -0.481 e. The lowest BCUT2D eigenvalue weighted by atomic mass is 9.93. The maximum absolute atomic E-state index is 12.7. The molecule has 1 fully saturated rings. The van der Waals surface area contributed by atoms with E-state index in [2.05, 4.69) is 10.3 Å². The zero-order valence-electron chi connectivity index (χ0n) is 14.3. The number of nitrogens with one attached hydrogen (secondary N) is 1. The summed E-state index contributed by atoms with van der Waals surface area (Å²) in [6.45, 7) is 0.164. The van der Waals surface area contributed by atoms with Crippen LogP contribution in [-0.4, -0.2) is 38.3 Å². The summed E-state index contributed by atoms with van der Waals surface area (Å²) in [6.07, 6.45) is 5.37. The maximum Gasteiger partial charge on any atom is 0.305 e. The van der Waals surface area contributed by atoms with E-state index < -0.39 is 11.5 Å². The predicted octanol–water partition coefficient (Wildman–Crippen LogP) is 2.80. The van der Waals surface area contributed by atoms with Crippen molar-refractivity contribution < 1.29 is 14.7 Å². The number of thioether (sulfide) groups is 1. The number of hydrogen-bond donors (Lipinski definition) is 2. The van der Waals surface area contributed by atoms with Crippen LogP contribution in [0.3, 0.4) is 0 Å². The molecule has 0 unspecified atom stereocenters. The molecule has 0 aliphatic heterocycles. The van der Waals surface area contributed by atoms with Gasteiger partial charge in [-0.25, -0.2) is 4.98 Å². The molecule has 134 valence electrons. The molecule has 1 aliphatic carbocycles. The quantitative estimate of drug-likeness (QED) is 0.792. The molecule has 7 heteroatoms. The van der Waals surface area contributed by atoms with Gasteiger partial charge < -0.3 is 15.0 Å². The first-order valence-electron chi connectivity index (χ1n) is 8.49. The molecule has 1 amide bonds. The number of imidazole rings is 1. The van der Waals surface area contributed by atoms with E-state index in [1.54, 1.807) is 11.8 Å². The third-order valence-electron chi connectivity index (χ3n) is 4.76. The first-order chi connectivity index (χ1) is 12.0. The van der Waals surface area contributed by atoms with Crippen molar-refractivity contribution in [3.05, 3.63) is 30.1 Å². The van der Waals surface area contributed by atoms with Crippen LogP contribution in [0.1, 0.15) is 37.9 Å². The average molecular weight is 361 g/mol. The number of para-hydroxylation sites is 2. The first-order valence-corrected chi connectivity index (χ1v) is 9.88. The highest BCUT2D eigenvalue weighted by Gasteiger charge is 2.37. The maximum atomic E-state index is 12.7. The van der Waals surface area contributed by atoms with E-state index >= 15 is 0 Å². The van der Waals surface area contributed by atoms with Crippen molar-refractivity contribution in [2.75, 3.05) is 6.26 Å². The number of carbonyl (C=O) groups is 2. The number of carboxylic acid groups (broad SMARTS) is 1. The summed E-state index contributed by atoms with van der Waals surface area (Å²) in [7, 11) is 0. The van der Waals surface area contributed by atoms with Gasteiger partial charge >= 0.3 is 5.97 Å². The van der Waals surface area contributed by atoms with E-state index in [9.17, 15) is 14.7 Å². The molecular weight excluding hydrogens is 338 g/mol. The van der Waals surface area contributed by atoms with Crippen LogP contribution in [0.15, 0.2) is 24.3 Å². The van der Waals surface area contributed by atoms with Crippen LogP contribution < -0.4 is 5.32 Å². The molecule has 0 radical (unpaired) electrons. The molecule has 0 saturated heterocycles. The molecule has 25 heavy (non-hydrogen) atoms. The second-order valence-corrected chi connectivity index (χ2v) is 7.51. The third-order valence-corrected chi connectivity index (χ3v) is 5.31. The van der Waals surface area contributed by atoms with Crippen LogP contribution in [-0.2, 0) is 21.9 Å². The summed E-state index contributed by atoms with van der Waals surface area (Å²) in [5, 5.41) is 12.2. The fourth-order valence-corrected chi connectivity index (χ4v) is 4.19. The van der Waals surface area contributed by atoms with Gasteiger partial charge in [-0.15, -0.1) is 0 Å². The highest BCUT2D eigenvalue weighted by Crippen LogP contribution is 2.32. The Morgan fingerprint density at radius 3 is 2.72 bits per heavy atom. The van der Waals surface area contributed by atoms with Gasteiger partial charge in [-0.2, -0.15) is 11.8 Å². The number of aromatic nitrogens is 2. The molecule has 6 nitrogen and oxygen atoms in total. The van der Waals surface area contributed by atoms with Crippen molar-refractivity contribution >= 4 is 34.7 Å². The highest BCUT2D eigenvalue weighted by atomic mass is 32.2. The summed E-state index contributed by atoms with van der Waals surface area (Å²) in [5.74, 6) is 0.581. The average Bonchev–Trinajstić information content (AvgIpc) is 3.13. The summed E-state index contributed by atoms with van der Waals surface area (Å²) in [5.41, 5.74) is 1.21. The fraction of sp³-hybridized carbons (Fsp3) is 0.500. The van der Waals surface area contributed by atoms with Crippen LogP contribution in [0.4, 0.5) is 0 Å². The molecule has 1 aliphatic rings. The van der Waals surface area contributed by atoms with Gasteiger partial charge in [0.05, 0.1) is 28.7 Å². The van der Waals surface area contributed by atoms with Crippen molar-refractivity contribution in [1.29, 1.82) is 0 Å². The van der Waals surface area contributed by atoms with Crippen LogP contribution in [0, 0.1) is 0 Å². The van der Waals surface area contributed by atoms with Crippen molar-refractivity contribution in [1.82, 2.24) is 14.9 Å². The Morgan fingerprint density at radius 1 is 1.32 bits per heavy atom. The first kappa shape index (κ1) is 17.8. The van der Waals surface area contributed by atoms with Crippen molar-refractivity contribution in [2.24, 2.45) is 0 Å². The van der Waals surface area contributed by atoms with Crippen molar-refractivity contribution in [2.45, 2.75) is 49.9 Å². The Labute approximate surface area is 151 Å². The van der Waals surface area contributed by atoms with Crippen LogP contribution in [0.5, 0.6) is 0 Å². The third kappa shape index (κ3) is 3.98. The van der Waals surface area contributed by atoms with Gasteiger partial charge in [-0.1, -0.05) is 25.0 Å². The van der Waals surface area contributed by atoms with Crippen molar-refractivity contribution in [3.63, 3.8) is 0 Å². The Hall–Kier alpha value is -2.02. The summed E-state index contributed by atoms with van der Waals surface area (Å²) in [6, 6.07) is 7.77. The molecule has 1 saturated carbocycles. The van der Waals surface area contributed by atoms with Gasteiger partial charge in [-0.3, -0.25) is 9.59 Å². The number of benzene rings is 1. The minimum atomic E-state index is -0.863. The Balaban J connectivity index is 1.81. The predicted molar refractivity (Wildman–Crippen MR) is 98.5 cm³/mol. The number of amides is 1. The smallest absolute Gasteiger partial charge is 0.305 e. The lowest BCUT2D eigenvalue weighted by molar-refractivity contribution is -0.139. The number of hydrogen-bond acceptors (Lipinski definition) is 4. The highest BCUT2D eigenvalue weighted by molar-refractivity contribution is 7.97. The number of nitrogens with zero attached hydrogens (tertiary/aromatic N) is 2. The molecule has 0 spiro atoms. The standard InChI is InChI=1S/C18H23N3O3S/c1-25-12-15-19-13-6-2-3-7-14(13)21(15)11-16(22)20-18(10-17(23)24)8-4-5-9-18/h2-3,6-7H,4-5,8-12H2,1H3,(H,20,22)(H,23,24). The number of aliphatic carboxylic acids is 1. The second kappa shape index (κ2) is 7.47. The van der Waals surface area contributed by atoms with E-state index in [0.29, 0.717) is 0 Å². The number of carboxylic acids is 1. The van der Waals surface area contributed by atoms with Gasteiger partial charge in [0.25, 0.3) is 0 Å². The SMILES string of the molecule is CSCc1nc2ccccc2n1CC(=O)NC1(CC(=O)O)CCCC1. The molecule has 0 atom stereocenters. The lowest BCUT2D eigenvalue weighted by Crippen LogP contribution is -2.49. The van der Waals surface area contributed by atoms with Crippen LogP contribution in [0.25, 0.3) is 11.0 Å². The number of fused-ring (bicyclic) bond motifs is 1. The molecule has 1 heterocycles. The topological polar surface area (TPSA) is 84.2 Å². The van der Waals surface area contributed by atoms with E-state index in [1.807, 2.05) is 35.1 Å². The Morgan fingerprint density at radius 2 is 2.04 bits per heavy atom. The second-order valence-electron chi connectivity index (χ2n) is 6.64. The molecule has 1 aromatic carbocycles. The Kier molecular flexibility index (Phi) is 5.32. The summed E-state index contributed by atoms with van der Waals surface area (Å²) in [4.78, 5) is 28.5. The monoisotopic (exact) mass is 361 g/mol. The molecule has 2 aromatic rings. The molecule has 3 rings (SSSR count). The van der Waals surface area contributed by atoms with Gasteiger partial charge in [-0.05, 0) is 31.2 Å². The normalized spacial score (nSPS) is 16.2. The van der Waals surface area contributed by atoms with Gasteiger partial charge in [0.1, 0.15) is 12.4 Å². The Bertz CT molecular complexity index is 781. The van der Waals surface area contributed by atoms with Crippen LogP contribution in [0.2, 0.25) is 0 Å². The van der Waals surface area contributed by atoms with Gasteiger partial charge in [0, 0.05) is 0 Å². The zero-order valence-corrected chi connectivity index (χ0v) is 15.1. The lowest BCUT2D eigenvalue weighted by Gasteiger charge is -2.29. The van der Waals surface area contributed by atoms with Crippen molar-refractivity contribution in [3.8, 4) is 0 Å². The number of carbonyl (C=O) groups excluding carboxylic acids is 1. The molecule has 0 bridgehead atoms. The van der Waals surface area contributed by atoms with E-state index in [-0.39, 0.29) is 18.9 Å². The fourth-order valence-electron chi connectivity index (χ4n) is 3.71. The van der Waals surface area contributed by atoms with Crippen LogP contribution >= 0.6 is 11.8 Å². The van der Waals surface area contributed by atoms with E-state index in [4.69, 9.17) is 0 Å². The summed E-state index contributed by atoms with van der Waals surface area (Å²) < 4.78 is 1.94. The largest absolute Gasteiger partial charge is 0.481 e. The van der Waals surface area contributed by atoms with Gasteiger partial charge in [0.2, 0.25) is 5.91 Å². The molecular formula is C18H23N3O3S. The van der Waals surface area contributed by atoms with E-state index in [0.717, 1.165) is 48.3 Å². The van der Waals surface area contributed by atoms with E-state index in [1.165, 1.54) is 0 Å². The summed E-state index contributed by atoms with van der Waals surface area (Å²) >= 11 is 1.66. The molecule has 1 aromatic heterocycles. The zero-order chi connectivity index (χ0) is 17.9. The number of rotatable bonds is 7. The minimum absolute atomic E-state index is 0.0128. The van der Waals surface area contributed by atoms with Gasteiger partial charge in [0.15, 0.2) is 0 Å².